The molecule has 112 valence electrons. The van der Waals surface area contributed by atoms with Crippen molar-refractivity contribution < 1.29 is 13.5 Å². The Kier molecular flexibility index (Phi) is 5.31. The normalized spacial score (nSPS) is 12.2. The molecule has 0 aromatic heterocycles. The summed E-state index contributed by atoms with van der Waals surface area (Å²) in [5.41, 5.74) is 1.03. The van der Waals surface area contributed by atoms with Gasteiger partial charge in [-0.3, -0.25) is 0 Å². The SMILES string of the molecule is CNC(C)c1ccc(OCc2c(F)ccc(Br)c2F)cc1. The van der Waals surface area contributed by atoms with Crippen LogP contribution in [0.4, 0.5) is 8.78 Å². The van der Waals surface area contributed by atoms with Crippen LogP contribution in [0, 0.1) is 11.6 Å². The van der Waals surface area contributed by atoms with Crippen molar-refractivity contribution in [1.82, 2.24) is 5.32 Å². The molecule has 2 nitrogen and oxygen atoms in total. The van der Waals surface area contributed by atoms with Crippen molar-refractivity contribution in [2.24, 2.45) is 0 Å². The van der Waals surface area contributed by atoms with Gasteiger partial charge in [0.05, 0.1) is 10.0 Å². The first-order valence-electron chi connectivity index (χ1n) is 6.55. The van der Waals surface area contributed by atoms with Crippen molar-refractivity contribution in [3.8, 4) is 5.75 Å². The van der Waals surface area contributed by atoms with E-state index in [1.165, 1.54) is 12.1 Å². The number of hydrogen-bond acceptors (Lipinski definition) is 2. The zero-order chi connectivity index (χ0) is 15.4. The Morgan fingerprint density at radius 2 is 1.81 bits per heavy atom. The molecule has 0 spiro atoms. The first-order valence-corrected chi connectivity index (χ1v) is 7.34. The molecule has 2 aromatic rings. The van der Waals surface area contributed by atoms with Crippen LogP contribution in [0.5, 0.6) is 5.75 Å². The molecule has 0 aliphatic carbocycles. The van der Waals surface area contributed by atoms with Crippen molar-refractivity contribution in [2.75, 3.05) is 7.05 Å². The van der Waals surface area contributed by atoms with Crippen molar-refractivity contribution in [1.29, 1.82) is 0 Å². The van der Waals surface area contributed by atoms with E-state index >= 15 is 0 Å². The summed E-state index contributed by atoms with van der Waals surface area (Å²) in [6.07, 6.45) is 0. The Bertz CT molecular complexity index is 616. The highest BCUT2D eigenvalue weighted by Gasteiger charge is 2.13. The molecule has 5 heteroatoms. The number of ether oxygens (including phenoxy) is 1. The summed E-state index contributed by atoms with van der Waals surface area (Å²) in [4.78, 5) is 0. The van der Waals surface area contributed by atoms with Crippen LogP contribution in [0.15, 0.2) is 40.9 Å². The van der Waals surface area contributed by atoms with Gasteiger partial charge in [0.2, 0.25) is 0 Å². The predicted octanol–water partition coefficient (Wildman–Crippen LogP) is 4.59. The number of halogens is 3. The van der Waals surface area contributed by atoms with Crippen LogP contribution in [-0.4, -0.2) is 7.05 Å². The molecule has 0 radical (unpaired) electrons. The minimum absolute atomic E-state index is 0.0861. The van der Waals surface area contributed by atoms with E-state index in [-0.39, 0.29) is 22.7 Å². The topological polar surface area (TPSA) is 21.3 Å². The maximum atomic E-state index is 13.8. The van der Waals surface area contributed by atoms with E-state index in [0.717, 1.165) is 5.56 Å². The molecule has 0 amide bonds. The molecule has 0 heterocycles. The maximum absolute atomic E-state index is 13.8. The van der Waals surface area contributed by atoms with E-state index in [4.69, 9.17) is 4.74 Å². The van der Waals surface area contributed by atoms with Crippen molar-refractivity contribution >= 4 is 15.9 Å². The quantitative estimate of drug-likeness (QED) is 0.792. The van der Waals surface area contributed by atoms with Crippen molar-refractivity contribution in [3.63, 3.8) is 0 Å². The van der Waals surface area contributed by atoms with Gasteiger partial charge in [0.1, 0.15) is 24.0 Å². The zero-order valence-electron chi connectivity index (χ0n) is 11.8. The third-order valence-corrected chi connectivity index (χ3v) is 3.95. The lowest BCUT2D eigenvalue weighted by atomic mass is 10.1. The molecule has 21 heavy (non-hydrogen) atoms. The molecule has 2 rings (SSSR count). The summed E-state index contributed by atoms with van der Waals surface area (Å²) >= 11 is 3.04. The third kappa shape index (κ3) is 3.80. The van der Waals surface area contributed by atoms with Gasteiger partial charge >= 0.3 is 0 Å². The molecule has 0 saturated carbocycles. The molecule has 1 atom stereocenters. The molecule has 0 bridgehead atoms. The monoisotopic (exact) mass is 355 g/mol. The molecular formula is C16H16BrF2NO. The van der Waals surface area contributed by atoms with E-state index in [1.54, 1.807) is 12.1 Å². The van der Waals surface area contributed by atoms with E-state index in [9.17, 15) is 8.78 Å². The number of rotatable bonds is 5. The van der Waals surface area contributed by atoms with E-state index in [2.05, 4.69) is 21.2 Å². The molecule has 2 aromatic carbocycles. The number of benzene rings is 2. The molecule has 1 unspecified atom stereocenters. The van der Waals surface area contributed by atoms with Crippen LogP contribution in [0.1, 0.15) is 24.1 Å². The van der Waals surface area contributed by atoms with Crippen LogP contribution in [-0.2, 0) is 6.61 Å². The first kappa shape index (κ1) is 15.9. The van der Waals surface area contributed by atoms with E-state index < -0.39 is 11.6 Å². The fourth-order valence-corrected chi connectivity index (χ4v) is 2.25. The molecule has 0 aliphatic rings. The zero-order valence-corrected chi connectivity index (χ0v) is 13.4. The standard InChI is InChI=1S/C16H16BrF2NO/c1-10(20-2)11-3-5-12(6-4-11)21-9-13-15(18)8-7-14(17)16(13)19/h3-8,10,20H,9H2,1-2H3. The molecular weight excluding hydrogens is 340 g/mol. The second-order valence-electron chi connectivity index (χ2n) is 4.69. The van der Waals surface area contributed by atoms with Gasteiger partial charge in [-0.25, -0.2) is 8.78 Å². The third-order valence-electron chi connectivity index (χ3n) is 3.34. The van der Waals surface area contributed by atoms with Gasteiger partial charge in [-0.05, 0) is 59.7 Å². The Labute approximate surface area is 131 Å². The fraction of sp³-hybridized carbons (Fsp3) is 0.250. The van der Waals surface area contributed by atoms with Crippen LogP contribution in [0.3, 0.4) is 0 Å². The lowest BCUT2D eigenvalue weighted by Gasteiger charge is -2.12. The average molecular weight is 356 g/mol. The highest BCUT2D eigenvalue weighted by atomic mass is 79.9. The Hall–Kier alpha value is -1.46. The summed E-state index contributed by atoms with van der Waals surface area (Å²) in [6, 6.07) is 10.2. The second kappa shape index (κ2) is 7.00. The fourth-order valence-electron chi connectivity index (χ4n) is 1.88. The summed E-state index contributed by atoms with van der Waals surface area (Å²) in [5.74, 6) is -0.674. The largest absolute Gasteiger partial charge is 0.489 e. The highest BCUT2D eigenvalue weighted by Crippen LogP contribution is 2.24. The summed E-state index contributed by atoms with van der Waals surface area (Å²) in [5, 5.41) is 3.13. The summed E-state index contributed by atoms with van der Waals surface area (Å²) in [6.45, 7) is 1.89. The van der Waals surface area contributed by atoms with E-state index in [1.807, 2.05) is 26.1 Å². The predicted molar refractivity (Wildman–Crippen MR) is 82.3 cm³/mol. The maximum Gasteiger partial charge on any atom is 0.146 e. The van der Waals surface area contributed by atoms with Crippen LogP contribution in [0.2, 0.25) is 0 Å². The Balaban J connectivity index is 2.08. The second-order valence-corrected chi connectivity index (χ2v) is 5.54. The first-order chi connectivity index (χ1) is 10.0. The Morgan fingerprint density at radius 3 is 2.43 bits per heavy atom. The summed E-state index contributed by atoms with van der Waals surface area (Å²) < 4.78 is 33.1. The number of nitrogens with one attached hydrogen (secondary N) is 1. The van der Waals surface area contributed by atoms with Gasteiger partial charge in [-0.15, -0.1) is 0 Å². The van der Waals surface area contributed by atoms with E-state index in [0.29, 0.717) is 5.75 Å². The minimum atomic E-state index is -0.629. The summed E-state index contributed by atoms with van der Waals surface area (Å²) in [7, 11) is 1.88. The van der Waals surface area contributed by atoms with Crippen LogP contribution < -0.4 is 10.1 Å². The molecule has 0 fully saturated rings. The van der Waals surface area contributed by atoms with Gasteiger partial charge in [0.15, 0.2) is 0 Å². The van der Waals surface area contributed by atoms with Gasteiger partial charge in [-0.1, -0.05) is 12.1 Å². The van der Waals surface area contributed by atoms with Gasteiger partial charge in [0.25, 0.3) is 0 Å². The van der Waals surface area contributed by atoms with Gasteiger partial charge in [0, 0.05) is 6.04 Å². The number of hydrogen-bond donors (Lipinski definition) is 1. The lowest BCUT2D eigenvalue weighted by Crippen LogP contribution is -2.12. The van der Waals surface area contributed by atoms with Crippen molar-refractivity contribution in [2.45, 2.75) is 19.6 Å². The smallest absolute Gasteiger partial charge is 0.146 e. The van der Waals surface area contributed by atoms with Gasteiger partial charge in [-0.2, -0.15) is 0 Å². The molecule has 0 saturated heterocycles. The Morgan fingerprint density at radius 1 is 1.14 bits per heavy atom. The van der Waals surface area contributed by atoms with Crippen LogP contribution in [0.25, 0.3) is 0 Å². The van der Waals surface area contributed by atoms with Crippen molar-refractivity contribution in [3.05, 3.63) is 63.6 Å². The molecule has 0 aliphatic heterocycles. The van der Waals surface area contributed by atoms with Gasteiger partial charge < -0.3 is 10.1 Å². The average Bonchev–Trinajstić information content (AvgIpc) is 2.51. The lowest BCUT2D eigenvalue weighted by molar-refractivity contribution is 0.292. The molecule has 1 N–H and O–H groups in total. The highest BCUT2D eigenvalue weighted by molar-refractivity contribution is 9.10. The minimum Gasteiger partial charge on any atom is -0.489 e. The van der Waals surface area contributed by atoms with Crippen LogP contribution >= 0.6 is 15.9 Å².